The van der Waals surface area contributed by atoms with Crippen molar-refractivity contribution < 1.29 is 14.7 Å². The van der Waals surface area contributed by atoms with Crippen molar-refractivity contribution in [3.8, 4) is 0 Å². The molecule has 5 heteroatoms. The van der Waals surface area contributed by atoms with Gasteiger partial charge in [0, 0.05) is 38.2 Å². The third kappa shape index (κ3) is 5.06. The van der Waals surface area contributed by atoms with E-state index < -0.39 is 0 Å². The number of rotatable bonds is 8. The van der Waals surface area contributed by atoms with Crippen molar-refractivity contribution in [1.82, 2.24) is 5.32 Å². The molecule has 1 aliphatic rings. The maximum absolute atomic E-state index is 12.1. The summed E-state index contributed by atoms with van der Waals surface area (Å²) in [6.45, 7) is 5.19. The van der Waals surface area contributed by atoms with E-state index in [2.05, 4.69) is 5.32 Å². The summed E-state index contributed by atoms with van der Waals surface area (Å²) in [7, 11) is 0. The lowest BCUT2D eigenvalue weighted by atomic mass is 9.89. The first-order valence-electron chi connectivity index (χ1n) is 8.69. The molecule has 0 bridgehead atoms. The predicted octanol–water partition coefficient (Wildman–Crippen LogP) is 2.27. The molecule has 1 aromatic carbocycles. The van der Waals surface area contributed by atoms with Gasteiger partial charge in [-0.1, -0.05) is 32.0 Å². The Morgan fingerprint density at radius 2 is 2.04 bits per heavy atom. The van der Waals surface area contributed by atoms with Gasteiger partial charge in [-0.15, -0.1) is 0 Å². The highest BCUT2D eigenvalue weighted by Crippen LogP contribution is 2.27. The van der Waals surface area contributed by atoms with E-state index in [1.807, 2.05) is 38.1 Å². The van der Waals surface area contributed by atoms with E-state index in [0.717, 1.165) is 24.9 Å². The van der Waals surface area contributed by atoms with Crippen molar-refractivity contribution in [2.75, 3.05) is 24.6 Å². The van der Waals surface area contributed by atoms with Gasteiger partial charge in [-0.2, -0.15) is 0 Å². The summed E-state index contributed by atoms with van der Waals surface area (Å²) in [5, 5.41) is 12.1. The Kier molecular flexibility index (Phi) is 6.37. The Labute approximate surface area is 144 Å². The summed E-state index contributed by atoms with van der Waals surface area (Å²) in [6, 6.07) is 7.89. The van der Waals surface area contributed by atoms with Crippen molar-refractivity contribution in [3.63, 3.8) is 0 Å². The molecular formula is C19H28N2O3. The standard InChI is InChI=1S/C19H28N2O3/c1-19(2,14-22)11-5-12-20-17(23)10-13-21-16-7-4-3-6-15(16)8-9-18(21)24/h3-4,6-7,22H,5,8-14H2,1-2H3,(H,20,23). The molecule has 1 heterocycles. The van der Waals surface area contributed by atoms with Crippen molar-refractivity contribution in [1.29, 1.82) is 0 Å². The molecule has 1 aliphatic heterocycles. The maximum atomic E-state index is 12.1. The van der Waals surface area contributed by atoms with E-state index in [1.54, 1.807) is 4.90 Å². The molecule has 1 aromatic rings. The van der Waals surface area contributed by atoms with E-state index in [4.69, 9.17) is 0 Å². The van der Waals surface area contributed by atoms with Gasteiger partial charge < -0.3 is 15.3 Å². The number of anilines is 1. The van der Waals surface area contributed by atoms with Crippen LogP contribution in [0.3, 0.4) is 0 Å². The SMILES string of the molecule is CC(C)(CO)CCCNC(=O)CCN1C(=O)CCc2ccccc21. The first kappa shape index (κ1) is 18.5. The highest BCUT2D eigenvalue weighted by molar-refractivity contribution is 5.96. The van der Waals surface area contributed by atoms with Crippen LogP contribution in [0.4, 0.5) is 5.69 Å². The summed E-state index contributed by atoms with van der Waals surface area (Å²) in [6.07, 6.45) is 3.29. The summed E-state index contributed by atoms with van der Waals surface area (Å²) >= 11 is 0. The molecule has 0 saturated heterocycles. The Morgan fingerprint density at radius 3 is 2.79 bits per heavy atom. The number of carbonyl (C=O) groups is 2. The van der Waals surface area contributed by atoms with E-state index in [-0.39, 0.29) is 23.8 Å². The molecular weight excluding hydrogens is 304 g/mol. The zero-order valence-electron chi connectivity index (χ0n) is 14.7. The number of nitrogens with zero attached hydrogens (tertiary/aromatic N) is 1. The minimum Gasteiger partial charge on any atom is -0.396 e. The third-order valence-electron chi connectivity index (χ3n) is 4.53. The summed E-state index contributed by atoms with van der Waals surface area (Å²) in [5.74, 6) is 0.0545. The number of para-hydroxylation sites is 1. The maximum Gasteiger partial charge on any atom is 0.227 e. The minimum absolute atomic E-state index is 0.0346. The molecule has 0 unspecified atom stereocenters. The highest BCUT2D eigenvalue weighted by atomic mass is 16.3. The van der Waals surface area contributed by atoms with Crippen molar-refractivity contribution in [3.05, 3.63) is 29.8 Å². The average molecular weight is 332 g/mol. The molecule has 24 heavy (non-hydrogen) atoms. The van der Waals surface area contributed by atoms with Crippen LogP contribution in [0.5, 0.6) is 0 Å². The number of aliphatic hydroxyl groups is 1. The summed E-state index contributed by atoms with van der Waals surface area (Å²) in [5.41, 5.74) is 2.00. The second-order valence-corrected chi connectivity index (χ2v) is 7.20. The number of amides is 2. The molecule has 2 N–H and O–H groups in total. The number of benzene rings is 1. The van der Waals surface area contributed by atoms with Gasteiger partial charge in [0.15, 0.2) is 0 Å². The topological polar surface area (TPSA) is 69.6 Å². The number of hydrogen-bond acceptors (Lipinski definition) is 3. The quantitative estimate of drug-likeness (QED) is 0.718. The number of carbonyl (C=O) groups excluding carboxylic acids is 2. The van der Waals surface area contributed by atoms with Crippen molar-refractivity contribution >= 4 is 17.5 Å². The van der Waals surface area contributed by atoms with Crippen molar-refractivity contribution in [2.24, 2.45) is 5.41 Å². The molecule has 0 saturated carbocycles. The number of aryl methyl sites for hydroxylation is 1. The molecule has 132 valence electrons. The summed E-state index contributed by atoms with van der Waals surface area (Å²) in [4.78, 5) is 25.9. The Hall–Kier alpha value is -1.88. The van der Waals surface area contributed by atoms with Crippen LogP contribution in [0.15, 0.2) is 24.3 Å². The van der Waals surface area contributed by atoms with Crippen LogP contribution in [0.25, 0.3) is 0 Å². The second kappa shape index (κ2) is 8.29. The number of nitrogens with one attached hydrogen (secondary N) is 1. The molecule has 0 atom stereocenters. The molecule has 0 aliphatic carbocycles. The van der Waals surface area contributed by atoms with Crippen LogP contribution in [0, 0.1) is 5.41 Å². The molecule has 2 amide bonds. The van der Waals surface area contributed by atoms with Gasteiger partial charge in [0.05, 0.1) is 0 Å². The molecule has 0 radical (unpaired) electrons. The zero-order chi connectivity index (χ0) is 17.6. The van der Waals surface area contributed by atoms with E-state index in [1.165, 1.54) is 5.56 Å². The van der Waals surface area contributed by atoms with Crippen LogP contribution in [0.2, 0.25) is 0 Å². The second-order valence-electron chi connectivity index (χ2n) is 7.20. The zero-order valence-corrected chi connectivity index (χ0v) is 14.7. The van der Waals surface area contributed by atoms with E-state index >= 15 is 0 Å². The highest BCUT2D eigenvalue weighted by Gasteiger charge is 2.24. The van der Waals surface area contributed by atoms with Crippen LogP contribution in [-0.2, 0) is 16.0 Å². The molecule has 5 nitrogen and oxygen atoms in total. The number of fused-ring (bicyclic) bond motifs is 1. The Bertz CT molecular complexity index is 584. The number of aliphatic hydroxyl groups excluding tert-OH is 1. The Balaban J connectivity index is 1.77. The van der Waals surface area contributed by atoms with Crippen LogP contribution < -0.4 is 10.2 Å². The monoisotopic (exact) mass is 332 g/mol. The number of hydrogen-bond donors (Lipinski definition) is 2. The fourth-order valence-electron chi connectivity index (χ4n) is 2.92. The van der Waals surface area contributed by atoms with E-state index in [0.29, 0.717) is 25.9 Å². The lowest BCUT2D eigenvalue weighted by Crippen LogP contribution is -2.38. The molecule has 2 rings (SSSR count). The van der Waals surface area contributed by atoms with Gasteiger partial charge in [-0.25, -0.2) is 0 Å². The van der Waals surface area contributed by atoms with Gasteiger partial charge in [0.25, 0.3) is 0 Å². The first-order valence-corrected chi connectivity index (χ1v) is 8.69. The fraction of sp³-hybridized carbons (Fsp3) is 0.579. The van der Waals surface area contributed by atoms with Gasteiger partial charge in [-0.05, 0) is 36.3 Å². The molecule has 0 fully saturated rings. The minimum atomic E-state index is -0.103. The lowest BCUT2D eigenvalue weighted by Gasteiger charge is -2.29. The van der Waals surface area contributed by atoms with Gasteiger partial charge in [0.2, 0.25) is 11.8 Å². The van der Waals surface area contributed by atoms with Gasteiger partial charge in [0.1, 0.15) is 0 Å². The van der Waals surface area contributed by atoms with Crippen LogP contribution in [0.1, 0.15) is 45.1 Å². The normalized spacial score (nSPS) is 14.5. The van der Waals surface area contributed by atoms with Crippen LogP contribution >= 0.6 is 0 Å². The van der Waals surface area contributed by atoms with E-state index in [9.17, 15) is 14.7 Å². The van der Waals surface area contributed by atoms with Gasteiger partial charge >= 0.3 is 0 Å². The average Bonchev–Trinajstić information content (AvgIpc) is 2.58. The Morgan fingerprint density at radius 1 is 1.29 bits per heavy atom. The smallest absolute Gasteiger partial charge is 0.227 e. The van der Waals surface area contributed by atoms with Gasteiger partial charge in [-0.3, -0.25) is 9.59 Å². The molecule has 0 spiro atoms. The molecule has 0 aromatic heterocycles. The largest absolute Gasteiger partial charge is 0.396 e. The first-order chi connectivity index (χ1) is 11.4. The van der Waals surface area contributed by atoms with Crippen molar-refractivity contribution in [2.45, 2.75) is 46.0 Å². The predicted molar refractivity (Wildman–Crippen MR) is 94.8 cm³/mol. The third-order valence-corrected chi connectivity index (χ3v) is 4.53. The summed E-state index contributed by atoms with van der Waals surface area (Å²) < 4.78 is 0. The fourth-order valence-corrected chi connectivity index (χ4v) is 2.92. The lowest BCUT2D eigenvalue weighted by molar-refractivity contribution is -0.121. The van der Waals surface area contributed by atoms with Crippen LogP contribution in [-0.4, -0.2) is 36.6 Å².